The SMILES string of the molecule is C=C/C(Br)=c1/cccnc1=C(C)C. The standard InChI is InChI=1S/C11H12BrN/c1-4-10(12)9-6-5-7-13-11(9)8(2)3/h4-7H,1H2,2-3H3/b10-9+. The second-order valence-electron chi connectivity index (χ2n) is 2.95. The average Bonchev–Trinajstić information content (AvgIpc) is 2.16. The highest BCUT2D eigenvalue weighted by Gasteiger charge is 1.91. The van der Waals surface area contributed by atoms with Crippen LogP contribution in [0.25, 0.3) is 10.1 Å². The van der Waals surface area contributed by atoms with Gasteiger partial charge in [-0.25, -0.2) is 0 Å². The third-order valence-electron chi connectivity index (χ3n) is 1.72. The number of rotatable bonds is 1. The summed E-state index contributed by atoms with van der Waals surface area (Å²) in [6.45, 7) is 7.82. The van der Waals surface area contributed by atoms with Crippen LogP contribution < -0.4 is 10.6 Å². The maximum atomic E-state index is 4.31. The van der Waals surface area contributed by atoms with Crippen LogP contribution in [0, 0.1) is 0 Å². The Kier molecular flexibility index (Phi) is 3.43. The van der Waals surface area contributed by atoms with Crippen molar-refractivity contribution in [2.24, 2.45) is 0 Å². The molecular formula is C11H12BrN. The number of halogens is 1. The van der Waals surface area contributed by atoms with Crippen molar-refractivity contribution >= 4 is 26.0 Å². The molecule has 1 aromatic rings. The van der Waals surface area contributed by atoms with Crippen LogP contribution in [0.4, 0.5) is 0 Å². The van der Waals surface area contributed by atoms with E-state index in [1.165, 1.54) is 5.57 Å². The van der Waals surface area contributed by atoms with E-state index in [-0.39, 0.29) is 0 Å². The van der Waals surface area contributed by atoms with Crippen LogP contribution in [0.3, 0.4) is 0 Å². The van der Waals surface area contributed by atoms with Crippen LogP contribution >= 0.6 is 15.9 Å². The van der Waals surface area contributed by atoms with E-state index in [0.717, 1.165) is 15.1 Å². The van der Waals surface area contributed by atoms with Gasteiger partial charge in [-0.05, 0) is 19.9 Å². The number of hydrogen-bond donors (Lipinski definition) is 0. The summed E-state index contributed by atoms with van der Waals surface area (Å²) in [6, 6.07) is 3.95. The first kappa shape index (κ1) is 10.2. The zero-order valence-electron chi connectivity index (χ0n) is 7.84. The van der Waals surface area contributed by atoms with E-state index in [1.807, 2.05) is 12.1 Å². The average molecular weight is 238 g/mol. The quantitative estimate of drug-likeness (QED) is 0.728. The van der Waals surface area contributed by atoms with E-state index in [9.17, 15) is 0 Å². The fourth-order valence-electron chi connectivity index (χ4n) is 1.11. The second-order valence-corrected chi connectivity index (χ2v) is 3.81. The predicted molar refractivity (Wildman–Crippen MR) is 60.8 cm³/mol. The van der Waals surface area contributed by atoms with Crippen molar-refractivity contribution in [3.8, 4) is 0 Å². The number of aromatic nitrogens is 1. The lowest BCUT2D eigenvalue weighted by molar-refractivity contribution is 1.19. The minimum absolute atomic E-state index is 0.983. The Morgan fingerprint density at radius 2 is 2.23 bits per heavy atom. The molecule has 0 saturated carbocycles. The smallest absolute Gasteiger partial charge is 0.0699 e. The van der Waals surface area contributed by atoms with Crippen molar-refractivity contribution in [3.63, 3.8) is 0 Å². The van der Waals surface area contributed by atoms with Gasteiger partial charge in [0.1, 0.15) is 0 Å². The van der Waals surface area contributed by atoms with E-state index in [0.29, 0.717) is 0 Å². The first-order valence-electron chi connectivity index (χ1n) is 4.07. The van der Waals surface area contributed by atoms with Gasteiger partial charge in [-0.1, -0.05) is 40.2 Å². The summed E-state index contributed by atoms with van der Waals surface area (Å²) in [7, 11) is 0. The van der Waals surface area contributed by atoms with E-state index in [1.54, 1.807) is 12.3 Å². The molecule has 0 bridgehead atoms. The molecule has 0 saturated heterocycles. The van der Waals surface area contributed by atoms with Gasteiger partial charge in [-0.3, -0.25) is 4.98 Å². The third kappa shape index (κ3) is 2.28. The van der Waals surface area contributed by atoms with Gasteiger partial charge in [0.2, 0.25) is 0 Å². The minimum Gasteiger partial charge on any atom is -0.256 e. The Hall–Kier alpha value is -0.890. The molecule has 0 aliphatic carbocycles. The summed E-state index contributed by atoms with van der Waals surface area (Å²) in [6.07, 6.45) is 3.58. The van der Waals surface area contributed by atoms with Crippen molar-refractivity contribution in [2.45, 2.75) is 13.8 Å². The largest absolute Gasteiger partial charge is 0.256 e. The number of pyridine rings is 1. The molecule has 1 aromatic heterocycles. The normalized spacial score (nSPS) is 12.2. The van der Waals surface area contributed by atoms with Crippen LogP contribution in [0.15, 0.2) is 31.0 Å². The van der Waals surface area contributed by atoms with Crippen molar-refractivity contribution in [1.29, 1.82) is 0 Å². The van der Waals surface area contributed by atoms with Crippen LogP contribution in [0.2, 0.25) is 0 Å². The van der Waals surface area contributed by atoms with Gasteiger partial charge in [0.15, 0.2) is 0 Å². The van der Waals surface area contributed by atoms with E-state index >= 15 is 0 Å². The molecule has 68 valence electrons. The topological polar surface area (TPSA) is 12.9 Å². The first-order chi connectivity index (χ1) is 6.16. The lowest BCUT2D eigenvalue weighted by Crippen LogP contribution is -2.29. The Bertz CT molecular complexity index is 428. The molecular weight excluding hydrogens is 226 g/mol. The highest BCUT2D eigenvalue weighted by molar-refractivity contribution is 9.15. The maximum Gasteiger partial charge on any atom is 0.0699 e. The molecule has 0 atom stereocenters. The molecule has 0 spiro atoms. The van der Waals surface area contributed by atoms with Gasteiger partial charge in [-0.2, -0.15) is 0 Å². The molecule has 2 heteroatoms. The van der Waals surface area contributed by atoms with Crippen molar-refractivity contribution in [2.75, 3.05) is 0 Å². The van der Waals surface area contributed by atoms with Crippen LogP contribution in [0.1, 0.15) is 13.8 Å². The van der Waals surface area contributed by atoms with Gasteiger partial charge in [-0.15, -0.1) is 0 Å². The first-order valence-corrected chi connectivity index (χ1v) is 4.87. The third-order valence-corrected chi connectivity index (χ3v) is 2.47. The Labute approximate surface area is 86.6 Å². The van der Waals surface area contributed by atoms with Crippen molar-refractivity contribution in [1.82, 2.24) is 4.98 Å². The van der Waals surface area contributed by atoms with E-state index < -0.39 is 0 Å². The van der Waals surface area contributed by atoms with E-state index in [4.69, 9.17) is 0 Å². The highest BCUT2D eigenvalue weighted by Crippen LogP contribution is 2.02. The molecule has 0 amide bonds. The van der Waals surface area contributed by atoms with Gasteiger partial charge in [0.25, 0.3) is 0 Å². The number of allylic oxidation sites excluding steroid dienone is 1. The Morgan fingerprint density at radius 3 is 2.77 bits per heavy atom. The predicted octanol–water partition coefficient (Wildman–Crippen LogP) is 1.96. The molecule has 0 aliphatic rings. The molecule has 0 fully saturated rings. The fourth-order valence-corrected chi connectivity index (χ4v) is 1.43. The monoisotopic (exact) mass is 237 g/mol. The van der Waals surface area contributed by atoms with Crippen molar-refractivity contribution in [3.05, 3.63) is 41.6 Å². The highest BCUT2D eigenvalue weighted by atomic mass is 79.9. The summed E-state index contributed by atoms with van der Waals surface area (Å²) >= 11 is 3.45. The fraction of sp³-hybridized carbons (Fsp3) is 0.182. The summed E-state index contributed by atoms with van der Waals surface area (Å²) < 4.78 is 0.983. The molecule has 13 heavy (non-hydrogen) atoms. The summed E-state index contributed by atoms with van der Waals surface area (Å²) in [5, 5.41) is 2.12. The van der Waals surface area contributed by atoms with Gasteiger partial charge < -0.3 is 0 Å². The maximum absolute atomic E-state index is 4.31. The minimum atomic E-state index is 0.983. The Morgan fingerprint density at radius 1 is 1.54 bits per heavy atom. The van der Waals surface area contributed by atoms with Gasteiger partial charge in [0.05, 0.1) is 5.35 Å². The van der Waals surface area contributed by atoms with E-state index in [2.05, 4.69) is 41.3 Å². The second kappa shape index (κ2) is 4.38. The summed E-state index contributed by atoms with van der Waals surface area (Å²) in [4.78, 5) is 4.31. The van der Waals surface area contributed by atoms with Gasteiger partial charge in [0, 0.05) is 15.9 Å². The molecule has 0 N–H and O–H groups in total. The Balaban J connectivity index is 3.76. The molecule has 0 aromatic carbocycles. The van der Waals surface area contributed by atoms with Crippen LogP contribution in [0.5, 0.6) is 0 Å². The molecule has 1 heterocycles. The molecule has 0 unspecified atom stereocenters. The zero-order valence-corrected chi connectivity index (χ0v) is 9.43. The lowest BCUT2D eigenvalue weighted by atomic mass is 10.2. The lowest BCUT2D eigenvalue weighted by Gasteiger charge is -1.94. The molecule has 1 rings (SSSR count). The van der Waals surface area contributed by atoms with Crippen LogP contribution in [-0.2, 0) is 0 Å². The van der Waals surface area contributed by atoms with Crippen LogP contribution in [-0.4, -0.2) is 4.98 Å². The molecule has 1 nitrogen and oxygen atoms in total. The zero-order chi connectivity index (χ0) is 9.84. The number of nitrogens with zero attached hydrogens (tertiary/aromatic N) is 1. The molecule has 0 radical (unpaired) electrons. The number of hydrogen-bond acceptors (Lipinski definition) is 1. The summed E-state index contributed by atoms with van der Waals surface area (Å²) in [5.41, 5.74) is 1.20. The summed E-state index contributed by atoms with van der Waals surface area (Å²) in [5.74, 6) is 0. The van der Waals surface area contributed by atoms with Crippen molar-refractivity contribution < 1.29 is 0 Å². The molecule has 0 aliphatic heterocycles. The van der Waals surface area contributed by atoms with Gasteiger partial charge >= 0.3 is 0 Å².